The molecule has 0 saturated carbocycles. The average Bonchev–Trinajstić information content (AvgIpc) is 2.31. The number of benzene rings is 1. The van der Waals surface area contributed by atoms with Crippen LogP contribution in [-0.2, 0) is 6.42 Å². The molecule has 0 aliphatic carbocycles. The summed E-state index contributed by atoms with van der Waals surface area (Å²) < 4.78 is 13.4. The molecular weight excluding hydrogens is 239 g/mol. The first kappa shape index (κ1) is 12.1. The van der Waals surface area contributed by atoms with Crippen LogP contribution in [0, 0.1) is 5.82 Å². The molecule has 0 radical (unpaired) electrons. The summed E-state index contributed by atoms with van der Waals surface area (Å²) in [5.74, 6) is -0.428. The number of hydrogen-bond acceptors (Lipinski definition) is 2. The van der Waals surface area contributed by atoms with Crippen molar-refractivity contribution in [1.82, 2.24) is 4.98 Å². The molecule has 2 nitrogen and oxygen atoms in total. The fourth-order valence-electron chi connectivity index (χ4n) is 1.79. The molecule has 1 aromatic carbocycles. The number of aromatic nitrogens is 1. The van der Waals surface area contributed by atoms with Crippen LogP contribution in [0.3, 0.4) is 0 Å². The molecule has 0 unspecified atom stereocenters. The van der Waals surface area contributed by atoms with Gasteiger partial charge in [0.25, 0.3) is 0 Å². The molecule has 0 bridgehead atoms. The zero-order chi connectivity index (χ0) is 12.4. The third-order valence-corrected chi connectivity index (χ3v) is 2.92. The minimum absolute atomic E-state index is 0.128. The molecule has 0 aliphatic heterocycles. The number of pyridine rings is 1. The number of hydrogen-bond donors (Lipinski definition) is 1. The zero-order valence-corrected chi connectivity index (χ0v) is 10.6. The van der Waals surface area contributed by atoms with Gasteiger partial charge < -0.3 is 5.32 Å². The van der Waals surface area contributed by atoms with Crippen molar-refractivity contribution in [3.05, 3.63) is 34.7 Å². The van der Waals surface area contributed by atoms with Crippen LogP contribution in [0.5, 0.6) is 0 Å². The molecule has 1 heterocycles. The first-order chi connectivity index (χ1) is 8.15. The maximum atomic E-state index is 13.4. The molecule has 4 heteroatoms. The monoisotopic (exact) mass is 252 g/mol. The Labute approximate surface area is 105 Å². The van der Waals surface area contributed by atoms with Crippen molar-refractivity contribution in [3.8, 4) is 0 Å². The molecule has 0 spiro atoms. The van der Waals surface area contributed by atoms with Gasteiger partial charge in [-0.1, -0.05) is 18.5 Å². The summed E-state index contributed by atoms with van der Waals surface area (Å²) in [6.45, 7) is 4.84. The Bertz CT molecular complexity index is 555. The van der Waals surface area contributed by atoms with Gasteiger partial charge in [-0.05, 0) is 25.5 Å². The highest BCUT2D eigenvalue weighted by Crippen LogP contribution is 2.28. The fraction of sp³-hybridized carbons (Fsp3) is 0.308. The normalized spacial score (nSPS) is 10.8. The van der Waals surface area contributed by atoms with Gasteiger partial charge in [0, 0.05) is 29.4 Å². The summed E-state index contributed by atoms with van der Waals surface area (Å²) >= 11 is 5.80. The Balaban J connectivity index is 2.71. The largest absolute Gasteiger partial charge is 0.385 e. The summed E-state index contributed by atoms with van der Waals surface area (Å²) in [5.41, 5.74) is 2.54. The minimum Gasteiger partial charge on any atom is -0.385 e. The number of halogens is 2. The van der Waals surface area contributed by atoms with E-state index in [1.165, 1.54) is 6.07 Å². The van der Waals surface area contributed by atoms with Gasteiger partial charge in [0.05, 0.1) is 10.5 Å². The Morgan fingerprint density at radius 2 is 2.06 bits per heavy atom. The number of nitrogens with zero attached hydrogens (tertiary/aromatic N) is 1. The van der Waals surface area contributed by atoms with E-state index in [1.807, 2.05) is 19.9 Å². The highest BCUT2D eigenvalue weighted by molar-refractivity contribution is 6.31. The lowest BCUT2D eigenvalue weighted by Crippen LogP contribution is -2.00. The predicted octanol–water partition coefficient (Wildman–Crippen LogP) is 4.02. The van der Waals surface area contributed by atoms with Crippen molar-refractivity contribution in [3.63, 3.8) is 0 Å². The first-order valence-corrected chi connectivity index (χ1v) is 6.06. The molecule has 90 valence electrons. The van der Waals surface area contributed by atoms with Gasteiger partial charge in [0.1, 0.15) is 5.82 Å². The molecule has 17 heavy (non-hydrogen) atoms. The van der Waals surface area contributed by atoms with E-state index in [2.05, 4.69) is 10.3 Å². The van der Waals surface area contributed by atoms with Crippen LogP contribution < -0.4 is 5.32 Å². The van der Waals surface area contributed by atoms with Gasteiger partial charge in [0.2, 0.25) is 0 Å². The van der Waals surface area contributed by atoms with Gasteiger partial charge in [-0.15, -0.1) is 0 Å². The number of rotatable bonds is 3. The van der Waals surface area contributed by atoms with Gasteiger partial charge in [-0.3, -0.25) is 4.98 Å². The van der Waals surface area contributed by atoms with E-state index >= 15 is 0 Å². The predicted molar refractivity (Wildman–Crippen MR) is 70.3 cm³/mol. The topological polar surface area (TPSA) is 24.9 Å². The van der Waals surface area contributed by atoms with E-state index in [0.29, 0.717) is 5.52 Å². The Kier molecular flexibility index (Phi) is 3.48. The van der Waals surface area contributed by atoms with Crippen LogP contribution in [-0.4, -0.2) is 11.5 Å². The fourth-order valence-corrected chi connectivity index (χ4v) is 1.96. The summed E-state index contributed by atoms with van der Waals surface area (Å²) in [4.78, 5) is 4.40. The molecule has 0 saturated heterocycles. The number of nitrogens with one attached hydrogen (secondary N) is 1. The maximum absolute atomic E-state index is 13.4. The standard InChI is InChI=1S/C13H14ClFN2/c1-3-8-5-12(16-4-2)9-6-10(14)11(15)7-13(9)17-8/h5-7H,3-4H2,1-2H3,(H,16,17). The molecule has 2 rings (SSSR count). The highest BCUT2D eigenvalue weighted by Gasteiger charge is 2.08. The van der Waals surface area contributed by atoms with Crippen molar-refractivity contribution in [2.45, 2.75) is 20.3 Å². The van der Waals surface area contributed by atoms with Crippen LogP contribution in [0.4, 0.5) is 10.1 Å². The van der Waals surface area contributed by atoms with Crippen LogP contribution >= 0.6 is 11.6 Å². The Hall–Kier alpha value is -1.35. The van der Waals surface area contributed by atoms with E-state index in [-0.39, 0.29) is 5.02 Å². The third-order valence-electron chi connectivity index (χ3n) is 2.63. The second kappa shape index (κ2) is 4.88. The molecule has 0 amide bonds. The van der Waals surface area contributed by atoms with Crippen LogP contribution in [0.1, 0.15) is 19.5 Å². The van der Waals surface area contributed by atoms with Crippen molar-refractivity contribution in [2.24, 2.45) is 0 Å². The molecular formula is C13H14ClFN2. The summed E-state index contributed by atoms with van der Waals surface area (Å²) in [6.07, 6.45) is 0.818. The van der Waals surface area contributed by atoms with Crippen molar-refractivity contribution in [1.29, 1.82) is 0 Å². The summed E-state index contributed by atoms with van der Waals surface area (Å²) in [5, 5.41) is 4.24. The molecule has 1 aromatic heterocycles. The highest BCUT2D eigenvalue weighted by atomic mass is 35.5. The number of fused-ring (bicyclic) bond motifs is 1. The maximum Gasteiger partial charge on any atom is 0.143 e. The average molecular weight is 253 g/mol. The van der Waals surface area contributed by atoms with Crippen LogP contribution in [0.25, 0.3) is 10.9 Å². The lowest BCUT2D eigenvalue weighted by Gasteiger charge is -2.10. The first-order valence-electron chi connectivity index (χ1n) is 5.68. The van der Waals surface area contributed by atoms with E-state index in [9.17, 15) is 4.39 Å². The van der Waals surface area contributed by atoms with Crippen molar-refractivity contribution >= 4 is 28.2 Å². The van der Waals surface area contributed by atoms with E-state index in [4.69, 9.17) is 11.6 Å². The van der Waals surface area contributed by atoms with Crippen LogP contribution in [0.15, 0.2) is 18.2 Å². The Morgan fingerprint density at radius 3 is 2.71 bits per heavy atom. The van der Waals surface area contributed by atoms with E-state index < -0.39 is 5.82 Å². The van der Waals surface area contributed by atoms with Crippen molar-refractivity contribution in [2.75, 3.05) is 11.9 Å². The summed E-state index contributed by atoms with van der Waals surface area (Å²) in [6, 6.07) is 4.99. The Morgan fingerprint density at radius 1 is 1.29 bits per heavy atom. The quantitative estimate of drug-likeness (QED) is 0.892. The van der Waals surface area contributed by atoms with E-state index in [1.54, 1.807) is 6.07 Å². The molecule has 0 fully saturated rings. The molecule has 0 atom stereocenters. The molecule has 1 N–H and O–H groups in total. The molecule has 2 aromatic rings. The van der Waals surface area contributed by atoms with E-state index in [0.717, 1.165) is 29.7 Å². The lowest BCUT2D eigenvalue weighted by atomic mass is 10.1. The second-order valence-corrected chi connectivity index (χ2v) is 4.24. The number of aryl methyl sites for hydroxylation is 1. The smallest absolute Gasteiger partial charge is 0.143 e. The van der Waals surface area contributed by atoms with Gasteiger partial charge in [-0.25, -0.2) is 4.39 Å². The molecule has 0 aliphatic rings. The SMILES string of the molecule is CCNc1cc(CC)nc2cc(F)c(Cl)cc12. The van der Waals surface area contributed by atoms with Gasteiger partial charge >= 0.3 is 0 Å². The number of anilines is 1. The third kappa shape index (κ3) is 2.34. The summed E-state index contributed by atoms with van der Waals surface area (Å²) in [7, 11) is 0. The van der Waals surface area contributed by atoms with Gasteiger partial charge in [-0.2, -0.15) is 0 Å². The lowest BCUT2D eigenvalue weighted by molar-refractivity contribution is 0.630. The minimum atomic E-state index is -0.428. The second-order valence-electron chi connectivity index (χ2n) is 3.83. The van der Waals surface area contributed by atoms with Gasteiger partial charge in [0.15, 0.2) is 0 Å². The zero-order valence-electron chi connectivity index (χ0n) is 9.85. The van der Waals surface area contributed by atoms with Crippen LogP contribution in [0.2, 0.25) is 5.02 Å². The van der Waals surface area contributed by atoms with Crippen molar-refractivity contribution < 1.29 is 4.39 Å².